The van der Waals surface area contributed by atoms with Gasteiger partial charge in [0.15, 0.2) is 0 Å². The van der Waals surface area contributed by atoms with E-state index < -0.39 is 12.0 Å². The molecule has 0 heterocycles. The molecule has 0 spiro atoms. The number of amides is 1. The number of nitrogens with one attached hydrogen (secondary N) is 1. The van der Waals surface area contributed by atoms with Crippen LogP contribution in [0.4, 0.5) is 0 Å². The van der Waals surface area contributed by atoms with Crippen LogP contribution in [0.25, 0.3) is 0 Å². The first-order chi connectivity index (χ1) is 10.5. The van der Waals surface area contributed by atoms with Crippen molar-refractivity contribution in [3.63, 3.8) is 0 Å². The zero-order chi connectivity index (χ0) is 16.4. The van der Waals surface area contributed by atoms with Gasteiger partial charge in [0.1, 0.15) is 6.04 Å². The number of rotatable bonds is 10. The van der Waals surface area contributed by atoms with Crippen LogP contribution in [-0.4, -0.2) is 29.6 Å². The minimum absolute atomic E-state index is 0.0491. The van der Waals surface area contributed by atoms with E-state index in [2.05, 4.69) is 52.2 Å². The predicted octanol–water partition coefficient (Wildman–Crippen LogP) is 2.31. The van der Waals surface area contributed by atoms with Crippen LogP contribution in [0, 0.1) is 3.57 Å². The fourth-order valence-electron chi connectivity index (χ4n) is 2.03. The van der Waals surface area contributed by atoms with Crippen molar-refractivity contribution in [3.8, 4) is 0 Å². The van der Waals surface area contributed by atoms with Gasteiger partial charge in [-0.3, -0.25) is 9.59 Å². The summed E-state index contributed by atoms with van der Waals surface area (Å²) in [4.78, 5) is 22.2. The highest BCUT2D eigenvalue weighted by Crippen LogP contribution is 2.09. The van der Waals surface area contributed by atoms with E-state index in [-0.39, 0.29) is 5.91 Å². The molecule has 0 saturated carbocycles. The standard InChI is InChI=1S/C16H23IN2O3/c17-13-9-7-12(8-10-13)4-3-6-15(20)19-11-2-1-5-14(18)16(21)22/h7-10,14H,1-6,11,18H2,(H,19,20)(H,21,22)/t14-/m1/s1. The van der Waals surface area contributed by atoms with Crippen molar-refractivity contribution in [2.75, 3.05) is 6.54 Å². The molecule has 0 aliphatic carbocycles. The van der Waals surface area contributed by atoms with Crippen molar-refractivity contribution in [1.29, 1.82) is 0 Å². The number of benzene rings is 1. The fraction of sp³-hybridized carbons (Fsp3) is 0.500. The van der Waals surface area contributed by atoms with Crippen LogP contribution in [0.1, 0.15) is 37.7 Å². The molecule has 0 aromatic heterocycles. The SMILES string of the molecule is N[C@H](CCCCNC(=O)CCCc1ccc(I)cc1)C(=O)O. The summed E-state index contributed by atoms with van der Waals surface area (Å²) < 4.78 is 1.21. The molecule has 122 valence electrons. The zero-order valence-electron chi connectivity index (χ0n) is 12.6. The van der Waals surface area contributed by atoms with Crippen molar-refractivity contribution in [2.45, 2.75) is 44.6 Å². The lowest BCUT2D eigenvalue weighted by Crippen LogP contribution is -2.30. The van der Waals surface area contributed by atoms with Gasteiger partial charge in [0.05, 0.1) is 0 Å². The number of halogens is 1. The van der Waals surface area contributed by atoms with E-state index in [1.54, 1.807) is 0 Å². The van der Waals surface area contributed by atoms with Gasteiger partial charge in [-0.25, -0.2) is 0 Å². The van der Waals surface area contributed by atoms with Gasteiger partial charge in [-0.05, 0) is 72.4 Å². The Morgan fingerprint density at radius 2 is 1.86 bits per heavy atom. The van der Waals surface area contributed by atoms with Gasteiger partial charge in [-0.1, -0.05) is 12.1 Å². The first kappa shape index (κ1) is 18.9. The molecule has 0 aliphatic heterocycles. The van der Waals surface area contributed by atoms with E-state index in [0.29, 0.717) is 25.8 Å². The van der Waals surface area contributed by atoms with E-state index >= 15 is 0 Å². The molecule has 1 aromatic carbocycles. The van der Waals surface area contributed by atoms with Crippen molar-refractivity contribution < 1.29 is 14.7 Å². The Bertz CT molecular complexity index is 477. The summed E-state index contributed by atoms with van der Waals surface area (Å²) >= 11 is 2.27. The molecule has 1 atom stereocenters. The van der Waals surface area contributed by atoms with Gasteiger partial charge < -0.3 is 16.2 Å². The Kier molecular flexibility index (Phi) is 9.07. The van der Waals surface area contributed by atoms with E-state index in [4.69, 9.17) is 10.8 Å². The number of hydrogen-bond acceptors (Lipinski definition) is 3. The second-order valence-corrected chi connectivity index (χ2v) is 6.52. The number of carboxylic acid groups (broad SMARTS) is 1. The number of carbonyl (C=O) groups is 2. The van der Waals surface area contributed by atoms with Crippen molar-refractivity contribution >= 4 is 34.5 Å². The summed E-state index contributed by atoms with van der Waals surface area (Å²) in [5, 5.41) is 11.5. The van der Waals surface area contributed by atoms with E-state index in [1.807, 2.05) is 0 Å². The fourth-order valence-corrected chi connectivity index (χ4v) is 2.39. The Balaban J connectivity index is 2.04. The Morgan fingerprint density at radius 1 is 1.18 bits per heavy atom. The third-order valence-electron chi connectivity index (χ3n) is 3.36. The number of nitrogens with two attached hydrogens (primary N) is 1. The lowest BCUT2D eigenvalue weighted by Gasteiger charge is -2.07. The zero-order valence-corrected chi connectivity index (χ0v) is 14.7. The number of aliphatic carboxylic acids is 1. The summed E-state index contributed by atoms with van der Waals surface area (Å²) in [6, 6.07) is 7.51. The first-order valence-electron chi connectivity index (χ1n) is 7.48. The first-order valence-corrected chi connectivity index (χ1v) is 8.56. The van der Waals surface area contributed by atoms with Gasteiger partial charge in [0, 0.05) is 16.5 Å². The van der Waals surface area contributed by atoms with Crippen molar-refractivity contribution in [2.24, 2.45) is 5.73 Å². The van der Waals surface area contributed by atoms with Crippen LogP contribution < -0.4 is 11.1 Å². The molecular weight excluding hydrogens is 395 g/mol. The second-order valence-electron chi connectivity index (χ2n) is 5.27. The van der Waals surface area contributed by atoms with Gasteiger partial charge in [-0.2, -0.15) is 0 Å². The molecule has 0 unspecified atom stereocenters. The van der Waals surface area contributed by atoms with E-state index in [9.17, 15) is 9.59 Å². The summed E-state index contributed by atoms with van der Waals surface area (Å²) in [5.41, 5.74) is 6.65. The molecule has 1 aromatic rings. The second kappa shape index (κ2) is 10.6. The minimum Gasteiger partial charge on any atom is -0.480 e. The molecule has 0 saturated heterocycles. The highest BCUT2D eigenvalue weighted by atomic mass is 127. The maximum atomic E-state index is 11.7. The summed E-state index contributed by atoms with van der Waals surface area (Å²) in [7, 11) is 0. The highest BCUT2D eigenvalue weighted by Gasteiger charge is 2.10. The van der Waals surface area contributed by atoms with Gasteiger partial charge in [0.25, 0.3) is 0 Å². The van der Waals surface area contributed by atoms with Crippen LogP contribution in [0.2, 0.25) is 0 Å². The molecule has 4 N–H and O–H groups in total. The third-order valence-corrected chi connectivity index (χ3v) is 4.08. The molecule has 0 radical (unpaired) electrons. The van der Waals surface area contributed by atoms with Crippen LogP contribution >= 0.6 is 22.6 Å². The van der Waals surface area contributed by atoms with E-state index in [1.165, 1.54) is 9.13 Å². The van der Waals surface area contributed by atoms with Gasteiger partial charge in [0.2, 0.25) is 5.91 Å². The van der Waals surface area contributed by atoms with Gasteiger partial charge in [-0.15, -0.1) is 0 Å². The third kappa shape index (κ3) is 8.33. The molecule has 1 rings (SSSR count). The van der Waals surface area contributed by atoms with E-state index in [0.717, 1.165) is 19.3 Å². The lowest BCUT2D eigenvalue weighted by molar-refractivity contribution is -0.138. The molecular formula is C16H23IN2O3. The number of carbonyl (C=O) groups excluding carboxylic acids is 1. The van der Waals surface area contributed by atoms with Crippen LogP contribution in [-0.2, 0) is 16.0 Å². The minimum atomic E-state index is -0.973. The summed E-state index contributed by atoms with van der Waals surface area (Å²) in [6.45, 7) is 0.578. The van der Waals surface area contributed by atoms with Crippen molar-refractivity contribution in [1.82, 2.24) is 5.32 Å². The molecule has 0 fully saturated rings. The Hall–Kier alpha value is -1.15. The average Bonchev–Trinajstić information content (AvgIpc) is 2.48. The monoisotopic (exact) mass is 418 g/mol. The number of unbranched alkanes of at least 4 members (excludes halogenated alkanes) is 1. The maximum absolute atomic E-state index is 11.7. The maximum Gasteiger partial charge on any atom is 0.320 e. The molecule has 0 aliphatic rings. The molecule has 0 bridgehead atoms. The molecule has 6 heteroatoms. The van der Waals surface area contributed by atoms with Crippen LogP contribution in [0.5, 0.6) is 0 Å². The Morgan fingerprint density at radius 3 is 2.50 bits per heavy atom. The molecule has 22 heavy (non-hydrogen) atoms. The van der Waals surface area contributed by atoms with Crippen LogP contribution in [0.3, 0.4) is 0 Å². The summed E-state index contributed by atoms with van der Waals surface area (Å²) in [6.07, 6.45) is 4.15. The molecule has 5 nitrogen and oxygen atoms in total. The van der Waals surface area contributed by atoms with Gasteiger partial charge >= 0.3 is 5.97 Å². The summed E-state index contributed by atoms with van der Waals surface area (Å²) in [5.74, 6) is -0.923. The van der Waals surface area contributed by atoms with Crippen LogP contribution in [0.15, 0.2) is 24.3 Å². The smallest absolute Gasteiger partial charge is 0.320 e. The largest absolute Gasteiger partial charge is 0.480 e. The highest BCUT2D eigenvalue weighted by molar-refractivity contribution is 14.1. The molecule has 1 amide bonds. The Labute approximate surface area is 144 Å². The number of aryl methyl sites for hydroxylation is 1. The predicted molar refractivity (Wildman–Crippen MR) is 94.6 cm³/mol. The topological polar surface area (TPSA) is 92.4 Å². The normalized spacial score (nSPS) is 11.9. The lowest BCUT2D eigenvalue weighted by atomic mass is 10.1. The van der Waals surface area contributed by atoms with Crippen molar-refractivity contribution in [3.05, 3.63) is 33.4 Å². The average molecular weight is 418 g/mol. The number of carboxylic acids is 1. The quantitative estimate of drug-likeness (QED) is 0.402. The number of hydrogen-bond donors (Lipinski definition) is 3.